The number of hydrogen-bond donors (Lipinski definition) is 0. The van der Waals surface area contributed by atoms with Crippen molar-refractivity contribution in [2.24, 2.45) is 0 Å². The minimum absolute atomic E-state index is 0.285. The van der Waals surface area contributed by atoms with Crippen molar-refractivity contribution in [3.63, 3.8) is 0 Å². The van der Waals surface area contributed by atoms with Crippen LogP contribution in [0.15, 0.2) is 64.2 Å². The standard InChI is InChI=1S/C32H35ClN6O3S/c1-3-5-16-36(17-6-4-2)31-34-27-26(30(41)39(31)24-14-12-22(33)13-15-24)25-28(43-27)35-32(37-18-20-42-21-19-37)38(29(25)40)23-10-8-7-9-11-23/h7-15H,3-6,16-21H2,1-2H3. The summed E-state index contributed by atoms with van der Waals surface area (Å²) in [6.07, 6.45) is 3.98. The summed E-state index contributed by atoms with van der Waals surface area (Å²) >= 11 is 7.54. The molecule has 11 heteroatoms. The van der Waals surface area contributed by atoms with Crippen LogP contribution in [-0.4, -0.2) is 58.5 Å². The van der Waals surface area contributed by atoms with E-state index in [1.54, 1.807) is 21.3 Å². The van der Waals surface area contributed by atoms with Gasteiger partial charge in [-0.3, -0.25) is 9.59 Å². The van der Waals surface area contributed by atoms with Crippen LogP contribution in [0, 0.1) is 0 Å². The SMILES string of the molecule is CCCCN(CCCC)c1nc2sc3nc(N4CCOCC4)n(-c4ccccc4)c(=O)c3c2c(=O)n1-c1ccc(Cl)cc1. The highest BCUT2D eigenvalue weighted by Crippen LogP contribution is 2.32. The smallest absolute Gasteiger partial charge is 0.269 e. The number of thiophene rings is 1. The Hall–Kier alpha value is -3.73. The lowest BCUT2D eigenvalue weighted by Gasteiger charge is -2.29. The molecule has 4 heterocycles. The molecule has 6 rings (SSSR count). The average molecular weight is 619 g/mol. The first-order valence-corrected chi connectivity index (χ1v) is 16.1. The van der Waals surface area contributed by atoms with Gasteiger partial charge in [-0.2, -0.15) is 0 Å². The van der Waals surface area contributed by atoms with Crippen molar-refractivity contribution in [2.45, 2.75) is 39.5 Å². The van der Waals surface area contributed by atoms with Gasteiger partial charge in [0.15, 0.2) is 0 Å². The zero-order chi connectivity index (χ0) is 29.9. The molecule has 224 valence electrons. The van der Waals surface area contributed by atoms with Crippen molar-refractivity contribution in [3.05, 3.63) is 80.3 Å². The van der Waals surface area contributed by atoms with Gasteiger partial charge in [-0.05, 0) is 49.2 Å². The van der Waals surface area contributed by atoms with Crippen molar-refractivity contribution in [1.82, 2.24) is 19.1 Å². The highest BCUT2D eigenvalue weighted by Gasteiger charge is 2.27. The number of para-hydroxylation sites is 1. The van der Waals surface area contributed by atoms with Gasteiger partial charge in [0.2, 0.25) is 11.9 Å². The molecule has 1 fully saturated rings. The lowest BCUT2D eigenvalue weighted by Crippen LogP contribution is -2.40. The van der Waals surface area contributed by atoms with Crippen LogP contribution >= 0.6 is 22.9 Å². The summed E-state index contributed by atoms with van der Waals surface area (Å²) in [5.74, 6) is 1.12. The van der Waals surface area contributed by atoms with Crippen LogP contribution in [0.2, 0.25) is 5.02 Å². The molecule has 0 spiro atoms. The zero-order valence-electron chi connectivity index (χ0n) is 24.5. The molecule has 0 N–H and O–H groups in total. The molecular weight excluding hydrogens is 584 g/mol. The van der Waals surface area contributed by atoms with E-state index in [1.165, 1.54) is 11.3 Å². The van der Waals surface area contributed by atoms with E-state index in [0.717, 1.165) is 38.8 Å². The lowest BCUT2D eigenvalue weighted by molar-refractivity contribution is 0.122. The van der Waals surface area contributed by atoms with Crippen molar-refractivity contribution in [3.8, 4) is 11.4 Å². The normalized spacial score (nSPS) is 13.7. The number of anilines is 2. The molecule has 0 amide bonds. The van der Waals surface area contributed by atoms with Gasteiger partial charge in [-0.25, -0.2) is 19.1 Å². The first-order chi connectivity index (χ1) is 21.0. The summed E-state index contributed by atoms with van der Waals surface area (Å²) in [5, 5.41) is 1.16. The number of nitrogens with zero attached hydrogens (tertiary/aromatic N) is 6. The second-order valence-corrected chi connectivity index (χ2v) is 12.1. The number of morpholine rings is 1. The molecule has 1 aliphatic heterocycles. The fraction of sp³-hybridized carbons (Fsp3) is 0.375. The largest absolute Gasteiger partial charge is 0.378 e. The van der Waals surface area contributed by atoms with Gasteiger partial charge < -0.3 is 14.5 Å². The Bertz CT molecular complexity index is 1840. The highest BCUT2D eigenvalue weighted by atomic mass is 35.5. The molecule has 0 saturated carbocycles. The monoisotopic (exact) mass is 618 g/mol. The minimum Gasteiger partial charge on any atom is -0.378 e. The maximum Gasteiger partial charge on any atom is 0.269 e. The molecule has 1 aliphatic rings. The number of benzene rings is 2. The molecule has 0 atom stereocenters. The predicted octanol–water partition coefficient (Wildman–Crippen LogP) is 6.04. The third-order valence-electron chi connectivity index (χ3n) is 7.75. The van der Waals surface area contributed by atoms with E-state index in [2.05, 4.69) is 23.6 Å². The van der Waals surface area contributed by atoms with Gasteiger partial charge in [0.1, 0.15) is 9.66 Å². The van der Waals surface area contributed by atoms with Crippen LogP contribution < -0.4 is 20.9 Å². The Labute approximate surface area is 258 Å². The minimum atomic E-state index is -0.288. The molecule has 5 aromatic rings. The van der Waals surface area contributed by atoms with Gasteiger partial charge in [-0.1, -0.05) is 67.8 Å². The third-order valence-corrected chi connectivity index (χ3v) is 8.98. The molecule has 0 radical (unpaired) electrons. The molecular formula is C32H35ClN6O3S. The van der Waals surface area contributed by atoms with Crippen molar-refractivity contribution in [2.75, 3.05) is 49.2 Å². The average Bonchev–Trinajstić information content (AvgIpc) is 3.42. The number of ether oxygens (including phenoxy) is 1. The summed E-state index contributed by atoms with van der Waals surface area (Å²) in [4.78, 5) is 44.5. The quantitative estimate of drug-likeness (QED) is 0.189. The summed E-state index contributed by atoms with van der Waals surface area (Å²) in [7, 11) is 0. The van der Waals surface area contributed by atoms with Gasteiger partial charge in [-0.15, -0.1) is 0 Å². The van der Waals surface area contributed by atoms with Crippen LogP contribution in [0.1, 0.15) is 39.5 Å². The van der Waals surface area contributed by atoms with Crippen LogP contribution in [0.3, 0.4) is 0 Å². The highest BCUT2D eigenvalue weighted by molar-refractivity contribution is 7.25. The number of hydrogen-bond acceptors (Lipinski definition) is 8. The fourth-order valence-electron chi connectivity index (χ4n) is 5.48. The predicted molar refractivity (Wildman–Crippen MR) is 176 cm³/mol. The topological polar surface area (TPSA) is 85.5 Å². The van der Waals surface area contributed by atoms with E-state index in [9.17, 15) is 9.59 Å². The van der Waals surface area contributed by atoms with Crippen LogP contribution in [0.25, 0.3) is 31.8 Å². The van der Waals surface area contributed by atoms with Gasteiger partial charge >= 0.3 is 0 Å². The molecule has 0 aliphatic carbocycles. The van der Waals surface area contributed by atoms with Gasteiger partial charge in [0, 0.05) is 31.2 Å². The van der Waals surface area contributed by atoms with Crippen molar-refractivity contribution >= 4 is 55.3 Å². The summed E-state index contributed by atoms with van der Waals surface area (Å²) in [6.45, 7) is 8.19. The van der Waals surface area contributed by atoms with Gasteiger partial charge in [0.05, 0.1) is 35.4 Å². The first kappa shape index (κ1) is 29.3. The lowest BCUT2D eigenvalue weighted by atomic mass is 10.2. The Morgan fingerprint density at radius 2 is 1.40 bits per heavy atom. The molecule has 3 aromatic heterocycles. The molecule has 2 aromatic carbocycles. The van der Waals surface area contributed by atoms with E-state index in [0.29, 0.717) is 75.0 Å². The molecule has 0 bridgehead atoms. The van der Waals surface area contributed by atoms with Crippen molar-refractivity contribution in [1.29, 1.82) is 0 Å². The zero-order valence-corrected chi connectivity index (χ0v) is 26.0. The Morgan fingerprint density at radius 1 is 0.814 bits per heavy atom. The summed E-state index contributed by atoms with van der Waals surface area (Å²) in [5.41, 5.74) is 0.768. The molecule has 43 heavy (non-hydrogen) atoms. The maximum atomic E-state index is 14.6. The Morgan fingerprint density at radius 3 is 2.02 bits per heavy atom. The first-order valence-electron chi connectivity index (χ1n) is 14.9. The number of unbranched alkanes of at least 4 members (excludes halogenated alkanes) is 2. The van der Waals surface area contributed by atoms with Gasteiger partial charge in [0.25, 0.3) is 11.1 Å². The molecule has 0 unspecified atom stereocenters. The van der Waals surface area contributed by atoms with Crippen molar-refractivity contribution < 1.29 is 4.74 Å². The third kappa shape index (κ3) is 5.67. The Kier molecular flexibility index (Phi) is 8.78. The maximum absolute atomic E-state index is 14.6. The van der Waals surface area contributed by atoms with E-state index in [1.807, 2.05) is 42.5 Å². The van der Waals surface area contributed by atoms with E-state index in [4.69, 9.17) is 26.3 Å². The number of halogens is 1. The Balaban J connectivity index is 1.67. The fourth-order valence-corrected chi connectivity index (χ4v) is 6.63. The molecule has 1 saturated heterocycles. The summed E-state index contributed by atoms with van der Waals surface area (Å²) < 4.78 is 8.84. The van der Waals surface area contributed by atoms with Crippen LogP contribution in [0.5, 0.6) is 0 Å². The second kappa shape index (κ2) is 12.9. The summed E-state index contributed by atoms with van der Waals surface area (Å²) in [6, 6.07) is 16.6. The van der Waals surface area contributed by atoms with E-state index >= 15 is 0 Å². The second-order valence-electron chi connectivity index (χ2n) is 10.7. The van der Waals surface area contributed by atoms with E-state index < -0.39 is 0 Å². The number of fused-ring (bicyclic) bond motifs is 3. The number of aromatic nitrogens is 4. The van der Waals surface area contributed by atoms with E-state index in [-0.39, 0.29) is 11.1 Å². The number of rotatable bonds is 10. The van der Waals surface area contributed by atoms with Crippen LogP contribution in [0.4, 0.5) is 11.9 Å². The van der Waals surface area contributed by atoms with Crippen LogP contribution in [-0.2, 0) is 4.74 Å². The molecule has 9 nitrogen and oxygen atoms in total.